The molecule has 1 heteroatoms. The minimum Gasteiger partial charge on any atom is -0.317 e. The summed E-state index contributed by atoms with van der Waals surface area (Å²) in [6.45, 7) is 17.7. The summed E-state index contributed by atoms with van der Waals surface area (Å²) in [7, 11) is 0. The number of hydrogen-bond acceptors (Lipinski definition) is 0. The van der Waals surface area contributed by atoms with Crippen LogP contribution in [0.2, 0.25) is 0 Å². The molecule has 0 aromatic carbocycles. The average molecular weight is 631 g/mol. The molecule has 0 rings (SSSR count). The van der Waals surface area contributed by atoms with E-state index in [1.165, 1.54) is 236 Å². The van der Waals surface area contributed by atoms with Gasteiger partial charge in [-0.15, -0.1) is 0 Å². The third-order valence-electron chi connectivity index (χ3n) is 10.5. The maximum Gasteiger partial charge on any atom is 0.0973 e. The second-order valence-corrected chi connectivity index (χ2v) is 15.0. The van der Waals surface area contributed by atoms with E-state index in [0.29, 0.717) is 0 Å². The molecule has 0 aliphatic heterocycles. The van der Waals surface area contributed by atoms with Crippen molar-refractivity contribution >= 4 is 0 Å². The van der Waals surface area contributed by atoms with Crippen molar-refractivity contribution in [2.45, 2.75) is 232 Å². The quantitative estimate of drug-likeness (QED) is 0.0359. The van der Waals surface area contributed by atoms with Gasteiger partial charge in [0.05, 0.1) is 26.2 Å². The predicted molar refractivity (Wildman–Crippen MR) is 208 cm³/mol. The molecule has 0 N–H and O–H groups in total. The molecule has 0 aromatic heterocycles. The fraction of sp³-hybridized carbons (Fsp3) is 0.909. The van der Waals surface area contributed by atoms with E-state index in [0.717, 1.165) is 13.1 Å². The van der Waals surface area contributed by atoms with E-state index < -0.39 is 0 Å². The standard InChI is InChI=1S/C44H88N/c1-5-9-11-13-15-17-19-21-23-25-27-29-31-33-35-37-39-43-45(41-7-3,42-8-4)44-40-38-36-34-32-30-28-26-24-22-20-18-16-14-12-10-6-2/h7-8H,3-6,9-44H2,1-2H3/q+1. The van der Waals surface area contributed by atoms with Gasteiger partial charge in [0.1, 0.15) is 0 Å². The third kappa shape index (κ3) is 33.1. The number of rotatable bonds is 40. The van der Waals surface area contributed by atoms with Crippen molar-refractivity contribution in [2.75, 3.05) is 26.2 Å². The van der Waals surface area contributed by atoms with Crippen molar-refractivity contribution in [3.05, 3.63) is 25.3 Å². The second kappa shape index (κ2) is 37.9. The Labute approximate surface area is 287 Å². The summed E-state index contributed by atoms with van der Waals surface area (Å²) in [4.78, 5) is 0. The molecule has 0 fully saturated rings. The lowest BCUT2D eigenvalue weighted by atomic mass is 10.0. The maximum atomic E-state index is 4.13. The largest absolute Gasteiger partial charge is 0.317 e. The second-order valence-electron chi connectivity index (χ2n) is 15.0. The van der Waals surface area contributed by atoms with E-state index in [1.54, 1.807) is 0 Å². The zero-order valence-electron chi connectivity index (χ0n) is 31.9. The lowest BCUT2D eigenvalue weighted by molar-refractivity contribution is -0.917. The topological polar surface area (TPSA) is 0 Å². The number of quaternary nitrogens is 1. The molecule has 0 aliphatic rings. The van der Waals surface area contributed by atoms with Crippen LogP contribution in [0.5, 0.6) is 0 Å². The van der Waals surface area contributed by atoms with Crippen molar-refractivity contribution < 1.29 is 4.48 Å². The lowest BCUT2D eigenvalue weighted by Crippen LogP contribution is -2.49. The molecule has 1 nitrogen and oxygen atoms in total. The van der Waals surface area contributed by atoms with E-state index in [4.69, 9.17) is 0 Å². The molecular weight excluding hydrogens is 542 g/mol. The Morgan fingerprint density at radius 3 is 0.644 bits per heavy atom. The molecule has 0 saturated carbocycles. The third-order valence-corrected chi connectivity index (χ3v) is 10.5. The average Bonchev–Trinajstić information content (AvgIpc) is 3.04. The SMILES string of the molecule is C=CC[N+](CC=C)(CCCCCCCCCCCCCCCCCCC)CCCCCCCCCCCCCCCCCCC. The zero-order chi connectivity index (χ0) is 32.8. The van der Waals surface area contributed by atoms with Crippen LogP contribution in [-0.4, -0.2) is 30.7 Å². The summed E-state index contributed by atoms with van der Waals surface area (Å²) < 4.78 is 1.20. The highest BCUT2D eigenvalue weighted by Crippen LogP contribution is 2.18. The summed E-state index contributed by atoms with van der Waals surface area (Å²) in [6, 6.07) is 0. The van der Waals surface area contributed by atoms with Crippen molar-refractivity contribution in [1.82, 2.24) is 0 Å². The summed E-state index contributed by atoms with van der Waals surface area (Å²) in [5.41, 5.74) is 0. The van der Waals surface area contributed by atoms with Gasteiger partial charge in [-0.1, -0.05) is 220 Å². The van der Waals surface area contributed by atoms with Crippen LogP contribution in [0.25, 0.3) is 0 Å². The minimum atomic E-state index is 1.11. The van der Waals surface area contributed by atoms with Gasteiger partial charge in [0, 0.05) is 0 Å². The van der Waals surface area contributed by atoms with Crippen molar-refractivity contribution in [3.8, 4) is 0 Å². The first-order valence-electron chi connectivity index (χ1n) is 21.3. The van der Waals surface area contributed by atoms with Crippen LogP contribution in [0.3, 0.4) is 0 Å². The van der Waals surface area contributed by atoms with Crippen molar-refractivity contribution in [1.29, 1.82) is 0 Å². The summed E-state index contributed by atoms with van der Waals surface area (Å²) in [6.07, 6.45) is 53.6. The molecule has 0 radical (unpaired) electrons. The van der Waals surface area contributed by atoms with E-state index in [1.807, 2.05) is 0 Å². The molecule has 0 unspecified atom stereocenters. The Bertz CT molecular complexity index is 515. The summed E-state index contributed by atoms with van der Waals surface area (Å²) in [5.74, 6) is 0. The Kier molecular flexibility index (Phi) is 37.4. The van der Waals surface area contributed by atoms with Crippen LogP contribution in [0.1, 0.15) is 232 Å². The Morgan fingerprint density at radius 2 is 0.467 bits per heavy atom. The molecule has 0 aromatic rings. The minimum absolute atomic E-state index is 1.11. The summed E-state index contributed by atoms with van der Waals surface area (Å²) in [5, 5.41) is 0. The smallest absolute Gasteiger partial charge is 0.0973 e. The first-order valence-corrected chi connectivity index (χ1v) is 21.3. The van der Waals surface area contributed by atoms with Gasteiger partial charge in [0.25, 0.3) is 0 Å². The fourth-order valence-corrected chi connectivity index (χ4v) is 7.44. The fourth-order valence-electron chi connectivity index (χ4n) is 7.44. The number of hydrogen-bond donors (Lipinski definition) is 0. The van der Waals surface area contributed by atoms with E-state index >= 15 is 0 Å². The van der Waals surface area contributed by atoms with Gasteiger partial charge in [0.2, 0.25) is 0 Å². The van der Waals surface area contributed by atoms with Gasteiger partial charge in [-0.2, -0.15) is 0 Å². The van der Waals surface area contributed by atoms with Gasteiger partial charge in [0.15, 0.2) is 0 Å². The van der Waals surface area contributed by atoms with Crippen LogP contribution < -0.4 is 0 Å². The molecular formula is C44H88N+. The first-order chi connectivity index (χ1) is 22.2. The van der Waals surface area contributed by atoms with Crippen LogP contribution in [-0.2, 0) is 0 Å². The number of unbranched alkanes of at least 4 members (excludes halogenated alkanes) is 32. The monoisotopic (exact) mass is 631 g/mol. The Balaban J connectivity index is 3.71. The van der Waals surface area contributed by atoms with Gasteiger partial charge in [-0.05, 0) is 37.8 Å². The molecule has 0 aliphatic carbocycles. The van der Waals surface area contributed by atoms with Crippen LogP contribution >= 0.6 is 0 Å². The van der Waals surface area contributed by atoms with E-state index in [9.17, 15) is 0 Å². The molecule has 0 amide bonds. The molecule has 0 spiro atoms. The highest BCUT2D eigenvalue weighted by Gasteiger charge is 2.23. The zero-order valence-corrected chi connectivity index (χ0v) is 31.9. The molecule has 0 atom stereocenters. The van der Waals surface area contributed by atoms with Gasteiger partial charge < -0.3 is 4.48 Å². The maximum absolute atomic E-state index is 4.13. The predicted octanol–water partition coefficient (Wildman–Crippen LogP) is 15.5. The summed E-state index contributed by atoms with van der Waals surface area (Å²) >= 11 is 0. The Hall–Kier alpha value is -0.560. The van der Waals surface area contributed by atoms with Gasteiger partial charge in [-0.3, -0.25) is 0 Å². The number of nitrogens with zero attached hydrogens (tertiary/aromatic N) is 1. The molecule has 268 valence electrons. The van der Waals surface area contributed by atoms with Crippen molar-refractivity contribution in [3.63, 3.8) is 0 Å². The van der Waals surface area contributed by atoms with Gasteiger partial charge >= 0.3 is 0 Å². The van der Waals surface area contributed by atoms with Crippen molar-refractivity contribution in [2.24, 2.45) is 0 Å². The Morgan fingerprint density at radius 1 is 0.289 bits per heavy atom. The molecule has 0 saturated heterocycles. The highest BCUT2D eigenvalue weighted by atomic mass is 15.3. The van der Waals surface area contributed by atoms with Gasteiger partial charge in [-0.25, -0.2) is 0 Å². The van der Waals surface area contributed by atoms with E-state index in [2.05, 4.69) is 39.2 Å². The highest BCUT2D eigenvalue weighted by molar-refractivity contribution is 4.72. The molecule has 45 heavy (non-hydrogen) atoms. The molecule has 0 heterocycles. The first kappa shape index (κ1) is 44.4. The normalized spacial score (nSPS) is 11.8. The lowest BCUT2D eigenvalue weighted by Gasteiger charge is -2.37. The van der Waals surface area contributed by atoms with E-state index in [-0.39, 0.29) is 0 Å². The van der Waals surface area contributed by atoms with Crippen LogP contribution in [0, 0.1) is 0 Å². The van der Waals surface area contributed by atoms with Crippen LogP contribution in [0.4, 0.5) is 0 Å². The molecule has 0 bridgehead atoms. The van der Waals surface area contributed by atoms with Crippen LogP contribution in [0.15, 0.2) is 25.3 Å².